The van der Waals surface area contributed by atoms with E-state index in [0.717, 1.165) is 0 Å². The topological polar surface area (TPSA) is 57.3 Å². The van der Waals surface area contributed by atoms with Crippen molar-refractivity contribution in [3.05, 3.63) is 60.2 Å². The number of halogens is 1. The van der Waals surface area contributed by atoms with Crippen LogP contribution in [0.1, 0.15) is 10.5 Å². The molecule has 0 unspecified atom stereocenters. The van der Waals surface area contributed by atoms with E-state index in [4.69, 9.17) is 4.42 Å². The number of ether oxygens (including phenoxy) is 1. The van der Waals surface area contributed by atoms with Gasteiger partial charge < -0.3 is 9.15 Å². The van der Waals surface area contributed by atoms with Gasteiger partial charge in [-0.1, -0.05) is 12.1 Å². The Balaban J connectivity index is 2.21. The maximum atomic E-state index is 14.0. The molecule has 0 amide bonds. The molecule has 3 aromatic rings. The van der Waals surface area contributed by atoms with E-state index in [2.05, 4.69) is 9.84 Å². The molecular weight excluding hydrogens is 275 g/mol. The van der Waals surface area contributed by atoms with Crippen molar-refractivity contribution < 1.29 is 18.3 Å². The van der Waals surface area contributed by atoms with Crippen LogP contribution in [0.2, 0.25) is 0 Å². The highest BCUT2D eigenvalue weighted by Crippen LogP contribution is 2.25. The largest absolute Gasteiger partial charge is 0.464 e. The molecule has 0 bridgehead atoms. The number of para-hydroxylation sites is 1. The summed E-state index contributed by atoms with van der Waals surface area (Å²) in [4.78, 5) is 11.6. The fourth-order valence-corrected chi connectivity index (χ4v) is 1.99. The SMILES string of the molecule is COC(=O)c1cc(-c2ccco2)n(-c2ccccc2F)n1. The van der Waals surface area contributed by atoms with Crippen LogP contribution < -0.4 is 0 Å². The van der Waals surface area contributed by atoms with Gasteiger partial charge in [0.2, 0.25) is 0 Å². The molecule has 106 valence electrons. The molecule has 21 heavy (non-hydrogen) atoms. The third kappa shape index (κ3) is 2.31. The van der Waals surface area contributed by atoms with E-state index in [1.54, 1.807) is 30.3 Å². The molecule has 0 aliphatic rings. The first kappa shape index (κ1) is 13.1. The average Bonchev–Trinajstić information content (AvgIpc) is 3.15. The summed E-state index contributed by atoms with van der Waals surface area (Å²) in [7, 11) is 1.26. The van der Waals surface area contributed by atoms with Gasteiger partial charge in [0, 0.05) is 6.07 Å². The number of carbonyl (C=O) groups excluding carboxylic acids is 1. The highest BCUT2D eigenvalue weighted by atomic mass is 19.1. The van der Waals surface area contributed by atoms with Crippen LogP contribution in [0.4, 0.5) is 4.39 Å². The van der Waals surface area contributed by atoms with Crippen LogP contribution in [0, 0.1) is 5.82 Å². The van der Waals surface area contributed by atoms with Crippen molar-refractivity contribution in [2.75, 3.05) is 7.11 Å². The standard InChI is InChI=1S/C15H11FN2O3/c1-20-15(19)11-9-13(14-7-4-8-21-14)18(17-11)12-6-3-2-5-10(12)16/h2-9H,1H3. The fourth-order valence-electron chi connectivity index (χ4n) is 1.99. The van der Waals surface area contributed by atoms with E-state index in [-0.39, 0.29) is 11.4 Å². The van der Waals surface area contributed by atoms with E-state index >= 15 is 0 Å². The smallest absolute Gasteiger partial charge is 0.358 e. The molecule has 2 aromatic heterocycles. The Morgan fingerprint density at radius 2 is 2.10 bits per heavy atom. The quantitative estimate of drug-likeness (QED) is 0.694. The number of furan rings is 1. The summed E-state index contributed by atoms with van der Waals surface area (Å²) in [5.74, 6) is -0.580. The van der Waals surface area contributed by atoms with Gasteiger partial charge in [-0.2, -0.15) is 5.10 Å². The van der Waals surface area contributed by atoms with E-state index in [1.807, 2.05) is 0 Å². The number of nitrogens with zero attached hydrogens (tertiary/aromatic N) is 2. The summed E-state index contributed by atoms with van der Waals surface area (Å²) < 4.78 is 25.3. The second-order valence-electron chi connectivity index (χ2n) is 4.25. The molecule has 1 aromatic carbocycles. The van der Waals surface area contributed by atoms with E-state index in [1.165, 1.54) is 30.2 Å². The van der Waals surface area contributed by atoms with Crippen molar-refractivity contribution >= 4 is 5.97 Å². The predicted molar refractivity (Wildman–Crippen MR) is 72.6 cm³/mol. The molecule has 0 radical (unpaired) electrons. The van der Waals surface area contributed by atoms with Crippen molar-refractivity contribution in [1.29, 1.82) is 0 Å². The molecule has 0 saturated carbocycles. The van der Waals surface area contributed by atoms with Crippen molar-refractivity contribution in [2.45, 2.75) is 0 Å². The third-order valence-electron chi connectivity index (χ3n) is 2.96. The number of esters is 1. The molecule has 0 spiro atoms. The minimum Gasteiger partial charge on any atom is -0.464 e. The van der Waals surface area contributed by atoms with Crippen LogP contribution in [0.3, 0.4) is 0 Å². The van der Waals surface area contributed by atoms with E-state index in [9.17, 15) is 9.18 Å². The molecule has 0 aliphatic carbocycles. The minimum absolute atomic E-state index is 0.0761. The summed E-state index contributed by atoms with van der Waals surface area (Å²) in [6, 6.07) is 11.1. The molecule has 0 fully saturated rings. The Morgan fingerprint density at radius 3 is 2.76 bits per heavy atom. The highest BCUT2D eigenvalue weighted by molar-refractivity contribution is 5.88. The Bertz CT molecular complexity index is 778. The van der Waals surface area contributed by atoms with Gasteiger partial charge in [-0.25, -0.2) is 13.9 Å². The van der Waals surface area contributed by atoms with Crippen LogP contribution in [-0.2, 0) is 4.74 Å². The maximum absolute atomic E-state index is 14.0. The zero-order chi connectivity index (χ0) is 14.8. The molecular formula is C15H11FN2O3. The van der Waals surface area contributed by atoms with E-state index in [0.29, 0.717) is 11.5 Å². The Labute approximate surface area is 119 Å². The predicted octanol–water partition coefficient (Wildman–Crippen LogP) is 3.06. The maximum Gasteiger partial charge on any atom is 0.358 e. The molecule has 3 rings (SSSR count). The van der Waals surface area contributed by atoms with Gasteiger partial charge >= 0.3 is 5.97 Å². The monoisotopic (exact) mass is 286 g/mol. The zero-order valence-corrected chi connectivity index (χ0v) is 11.1. The van der Waals surface area contributed by atoms with Crippen molar-refractivity contribution in [3.63, 3.8) is 0 Å². The molecule has 0 atom stereocenters. The molecule has 2 heterocycles. The molecule has 0 N–H and O–H groups in total. The second-order valence-corrected chi connectivity index (χ2v) is 4.25. The molecule has 0 aliphatic heterocycles. The van der Waals surface area contributed by atoms with Gasteiger partial charge in [0.1, 0.15) is 17.2 Å². The summed E-state index contributed by atoms with van der Waals surface area (Å²) >= 11 is 0. The summed E-state index contributed by atoms with van der Waals surface area (Å²) in [6.07, 6.45) is 1.49. The van der Waals surface area contributed by atoms with Crippen molar-refractivity contribution in [2.24, 2.45) is 0 Å². The lowest BCUT2D eigenvalue weighted by molar-refractivity contribution is 0.0593. The van der Waals surface area contributed by atoms with Gasteiger partial charge in [-0.05, 0) is 24.3 Å². The Hall–Kier alpha value is -2.89. The number of carbonyl (C=O) groups is 1. The number of aromatic nitrogens is 2. The lowest BCUT2D eigenvalue weighted by atomic mass is 10.2. The lowest BCUT2D eigenvalue weighted by Gasteiger charge is -2.06. The number of methoxy groups -OCH3 is 1. The molecule has 6 heteroatoms. The normalized spacial score (nSPS) is 10.6. The van der Waals surface area contributed by atoms with Gasteiger partial charge in [-0.15, -0.1) is 0 Å². The van der Waals surface area contributed by atoms with Gasteiger partial charge in [0.25, 0.3) is 0 Å². The lowest BCUT2D eigenvalue weighted by Crippen LogP contribution is -2.05. The van der Waals surface area contributed by atoms with Crippen LogP contribution in [0.25, 0.3) is 17.1 Å². The van der Waals surface area contributed by atoms with Gasteiger partial charge in [0.15, 0.2) is 11.5 Å². The zero-order valence-electron chi connectivity index (χ0n) is 11.1. The second kappa shape index (κ2) is 5.24. The number of hydrogen-bond donors (Lipinski definition) is 0. The summed E-state index contributed by atoms with van der Waals surface area (Å²) in [6.45, 7) is 0. The minimum atomic E-state index is -0.599. The van der Waals surface area contributed by atoms with Crippen LogP contribution in [0.15, 0.2) is 53.1 Å². The Kier molecular flexibility index (Phi) is 3.27. The first-order valence-electron chi connectivity index (χ1n) is 6.18. The van der Waals surface area contributed by atoms with Crippen molar-refractivity contribution in [1.82, 2.24) is 9.78 Å². The molecule has 5 nitrogen and oxygen atoms in total. The van der Waals surface area contributed by atoms with Gasteiger partial charge in [0.05, 0.1) is 13.4 Å². The summed E-state index contributed by atoms with van der Waals surface area (Å²) in [5, 5.41) is 4.11. The fraction of sp³-hybridized carbons (Fsp3) is 0.0667. The first-order chi connectivity index (χ1) is 10.2. The van der Waals surface area contributed by atoms with Crippen LogP contribution in [-0.4, -0.2) is 22.9 Å². The third-order valence-corrected chi connectivity index (χ3v) is 2.96. The van der Waals surface area contributed by atoms with E-state index < -0.39 is 11.8 Å². The first-order valence-corrected chi connectivity index (χ1v) is 6.18. The molecule has 0 saturated heterocycles. The highest BCUT2D eigenvalue weighted by Gasteiger charge is 2.19. The van der Waals surface area contributed by atoms with Crippen molar-refractivity contribution in [3.8, 4) is 17.1 Å². The number of hydrogen-bond acceptors (Lipinski definition) is 4. The average molecular weight is 286 g/mol. The van der Waals surface area contributed by atoms with Crippen LogP contribution in [0.5, 0.6) is 0 Å². The van der Waals surface area contributed by atoms with Crippen LogP contribution >= 0.6 is 0 Å². The number of benzene rings is 1. The Morgan fingerprint density at radius 1 is 1.29 bits per heavy atom. The summed E-state index contributed by atoms with van der Waals surface area (Å²) in [5.41, 5.74) is 0.761. The van der Waals surface area contributed by atoms with Gasteiger partial charge in [-0.3, -0.25) is 0 Å². The number of rotatable bonds is 3.